The van der Waals surface area contributed by atoms with Crippen LogP contribution in [0, 0.1) is 0 Å². The van der Waals surface area contributed by atoms with Gasteiger partial charge in [0.2, 0.25) is 5.91 Å². The predicted octanol–water partition coefficient (Wildman–Crippen LogP) is 3.64. The number of nitrogens with one attached hydrogen (secondary N) is 2. The average Bonchev–Trinajstić information content (AvgIpc) is 2.96. The molecule has 1 aliphatic rings. The summed E-state index contributed by atoms with van der Waals surface area (Å²) in [4.78, 5) is 24.6. The lowest BCUT2D eigenvalue weighted by Gasteiger charge is -2.10. The molecule has 0 unspecified atom stereocenters. The Labute approximate surface area is 164 Å². The number of para-hydroxylation sites is 1. The lowest BCUT2D eigenvalue weighted by molar-refractivity contribution is -0.111. The monoisotopic (exact) mass is 380 g/mol. The van der Waals surface area contributed by atoms with Gasteiger partial charge in [0, 0.05) is 19.0 Å². The number of carbonyl (C=O) groups excluding carboxylic acids is 2. The number of hydrogen-bond donors (Lipinski definition) is 2. The Hall–Kier alpha value is -3.28. The fraction of sp³-hybridized carbons (Fsp3) is 0.273. The summed E-state index contributed by atoms with van der Waals surface area (Å²) >= 11 is 0. The summed E-state index contributed by atoms with van der Waals surface area (Å²) in [6.07, 6.45) is 4.82. The van der Waals surface area contributed by atoms with Crippen LogP contribution in [0.3, 0.4) is 0 Å². The van der Waals surface area contributed by atoms with E-state index in [1.165, 1.54) is 6.08 Å². The number of amides is 2. The third-order valence-electron chi connectivity index (χ3n) is 4.16. The van der Waals surface area contributed by atoms with E-state index >= 15 is 0 Å². The molecule has 2 aromatic rings. The van der Waals surface area contributed by atoms with Gasteiger partial charge in [0.1, 0.15) is 0 Å². The molecule has 28 heavy (non-hydrogen) atoms. The number of benzene rings is 2. The van der Waals surface area contributed by atoms with E-state index in [9.17, 15) is 9.59 Å². The first-order valence-corrected chi connectivity index (χ1v) is 9.43. The van der Waals surface area contributed by atoms with Crippen LogP contribution in [0.15, 0.2) is 48.5 Å². The van der Waals surface area contributed by atoms with Gasteiger partial charge in [-0.25, -0.2) is 0 Å². The molecule has 2 amide bonds. The molecule has 0 saturated heterocycles. The largest absolute Gasteiger partial charge is 0.490 e. The minimum absolute atomic E-state index is 0.204. The van der Waals surface area contributed by atoms with E-state index in [1.807, 2.05) is 25.1 Å². The number of rotatable bonds is 6. The van der Waals surface area contributed by atoms with E-state index in [4.69, 9.17) is 9.47 Å². The highest BCUT2D eigenvalue weighted by atomic mass is 16.5. The highest BCUT2D eigenvalue weighted by Gasteiger charge is 2.12. The summed E-state index contributed by atoms with van der Waals surface area (Å²) in [7, 11) is 0. The van der Waals surface area contributed by atoms with Crippen molar-refractivity contribution in [3.8, 4) is 11.5 Å². The number of hydrogen-bond acceptors (Lipinski definition) is 4. The molecular weight excluding hydrogens is 356 g/mol. The first-order valence-electron chi connectivity index (χ1n) is 9.43. The standard InChI is InChI=1S/C22H24N2O4/c1-2-12-23-22(26)17-6-3-4-7-18(17)24-21(25)11-9-16-8-10-19-20(15-16)28-14-5-13-27-19/h3-4,6-11,15H,2,5,12-14H2,1H3,(H,23,26)(H,24,25)/b11-9+. The van der Waals surface area contributed by atoms with Crippen LogP contribution in [0.25, 0.3) is 6.08 Å². The molecule has 6 nitrogen and oxygen atoms in total. The van der Waals surface area contributed by atoms with Gasteiger partial charge < -0.3 is 20.1 Å². The maximum atomic E-state index is 12.3. The van der Waals surface area contributed by atoms with Crippen molar-refractivity contribution >= 4 is 23.6 Å². The molecule has 0 fully saturated rings. The number of carbonyl (C=O) groups is 2. The molecule has 0 spiro atoms. The van der Waals surface area contributed by atoms with Gasteiger partial charge in [-0.2, -0.15) is 0 Å². The highest BCUT2D eigenvalue weighted by Crippen LogP contribution is 2.30. The molecule has 146 valence electrons. The van der Waals surface area contributed by atoms with Crippen LogP contribution in [0.5, 0.6) is 11.5 Å². The van der Waals surface area contributed by atoms with Crippen LogP contribution in [-0.4, -0.2) is 31.6 Å². The van der Waals surface area contributed by atoms with Gasteiger partial charge in [-0.05, 0) is 42.3 Å². The molecule has 0 bridgehead atoms. The lowest BCUT2D eigenvalue weighted by Crippen LogP contribution is -2.25. The summed E-state index contributed by atoms with van der Waals surface area (Å²) in [5.74, 6) is 0.872. The van der Waals surface area contributed by atoms with Crippen LogP contribution in [-0.2, 0) is 4.79 Å². The number of fused-ring (bicyclic) bond motifs is 1. The van der Waals surface area contributed by atoms with Crippen molar-refractivity contribution < 1.29 is 19.1 Å². The zero-order chi connectivity index (χ0) is 19.8. The van der Waals surface area contributed by atoms with Gasteiger partial charge in [0.15, 0.2) is 11.5 Å². The van der Waals surface area contributed by atoms with Crippen molar-refractivity contribution in [2.75, 3.05) is 25.1 Å². The maximum absolute atomic E-state index is 12.3. The fourth-order valence-electron chi connectivity index (χ4n) is 2.75. The van der Waals surface area contributed by atoms with Crippen molar-refractivity contribution in [2.45, 2.75) is 19.8 Å². The fourth-order valence-corrected chi connectivity index (χ4v) is 2.75. The Bertz CT molecular complexity index is 877. The van der Waals surface area contributed by atoms with Gasteiger partial charge in [-0.3, -0.25) is 9.59 Å². The van der Waals surface area contributed by atoms with Crippen molar-refractivity contribution in [2.24, 2.45) is 0 Å². The Balaban J connectivity index is 1.68. The second-order valence-electron chi connectivity index (χ2n) is 6.38. The maximum Gasteiger partial charge on any atom is 0.253 e. The predicted molar refractivity (Wildman–Crippen MR) is 109 cm³/mol. The number of ether oxygens (including phenoxy) is 2. The first-order chi connectivity index (χ1) is 13.7. The van der Waals surface area contributed by atoms with Gasteiger partial charge >= 0.3 is 0 Å². The van der Waals surface area contributed by atoms with E-state index in [1.54, 1.807) is 30.3 Å². The summed E-state index contributed by atoms with van der Waals surface area (Å²) in [6, 6.07) is 12.5. The van der Waals surface area contributed by atoms with Gasteiger partial charge in [0.25, 0.3) is 5.91 Å². The molecule has 1 aliphatic heterocycles. The topological polar surface area (TPSA) is 76.7 Å². The third kappa shape index (κ3) is 5.13. The Morgan fingerprint density at radius 3 is 2.68 bits per heavy atom. The minimum Gasteiger partial charge on any atom is -0.490 e. The van der Waals surface area contributed by atoms with Crippen molar-refractivity contribution in [1.82, 2.24) is 5.32 Å². The summed E-state index contributed by atoms with van der Waals surface area (Å²) in [5, 5.41) is 5.59. The van der Waals surface area contributed by atoms with E-state index in [0.29, 0.717) is 42.5 Å². The normalized spacial score (nSPS) is 13.0. The van der Waals surface area contributed by atoms with Crippen LogP contribution in [0.4, 0.5) is 5.69 Å². The minimum atomic E-state index is -0.317. The van der Waals surface area contributed by atoms with Crippen molar-refractivity contribution in [3.63, 3.8) is 0 Å². The van der Waals surface area contributed by atoms with Crippen LogP contribution < -0.4 is 20.1 Å². The first kappa shape index (κ1) is 19.5. The zero-order valence-electron chi connectivity index (χ0n) is 15.9. The second-order valence-corrected chi connectivity index (χ2v) is 6.38. The van der Waals surface area contributed by atoms with E-state index in [-0.39, 0.29) is 11.8 Å². The zero-order valence-corrected chi connectivity index (χ0v) is 15.9. The van der Waals surface area contributed by atoms with Crippen molar-refractivity contribution in [1.29, 1.82) is 0 Å². The second kappa shape index (κ2) is 9.60. The Morgan fingerprint density at radius 1 is 1.07 bits per heavy atom. The summed E-state index contributed by atoms with van der Waals surface area (Å²) in [5.41, 5.74) is 1.74. The molecule has 1 heterocycles. The molecule has 6 heteroatoms. The molecule has 0 radical (unpaired) electrons. The molecule has 0 atom stereocenters. The van der Waals surface area contributed by atoms with Crippen LogP contribution in [0.2, 0.25) is 0 Å². The highest BCUT2D eigenvalue weighted by molar-refractivity contribution is 6.07. The molecule has 2 aromatic carbocycles. The summed E-state index contributed by atoms with van der Waals surface area (Å²) in [6.45, 7) is 3.82. The molecule has 0 aromatic heterocycles. The molecule has 0 saturated carbocycles. The third-order valence-corrected chi connectivity index (χ3v) is 4.16. The Morgan fingerprint density at radius 2 is 1.86 bits per heavy atom. The summed E-state index contributed by atoms with van der Waals surface area (Å²) < 4.78 is 11.3. The lowest BCUT2D eigenvalue weighted by atomic mass is 10.1. The Kier molecular flexibility index (Phi) is 6.68. The average molecular weight is 380 g/mol. The SMILES string of the molecule is CCCNC(=O)c1ccccc1NC(=O)/C=C/c1ccc2c(c1)OCCCO2. The number of anilines is 1. The van der Waals surface area contributed by atoms with Crippen molar-refractivity contribution in [3.05, 3.63) is 59.7 Å². The quantitative estimate of drug-likeness (QED) is 0.750. The smallest absolute Gasteiger partial charge is 0.253 e. The van der Waals surface area contributed by atoms with Gasteiger partial charge in [-0.1, -0.05) is 25.1 Å². The van der Waals surface area contributed by atoms with Gasteiger partial charge in [-0.15, -0.1) is 0 Å². The molecular formula is C22H24N2O4. The van der Waals surface area contributed by atoms with E-state index in [0.717, 1.165) is 18.4 Å². The molecule has 2 N–H and O–H groups in total. The van der Waals surface area contributed by atoms with Crippen LogP contribution in [0.1, 0.15) is 35.7 Å². The van der Waals surface area contributed by atoms with Crippen LogP contribution >= 0.6 is 0 Å². The van der Waals surface area contributed by atoms with E-state index in [2.05, 4.69) is 10.6 Å². The van der Waals surface area contributed by atoms with E-state index < -0.39 is 0 Å². The van der Waals surface area contributed by atoms with Gasteiger partial charge in [0.05, 0.1) is 24.5 Å². The molecule has 3 rings (SSSR count). The molecule has 0 aliphatic carbocycles.